The highest BCUT2D eigenvalue weighted by molar-refractivity contribution is 6.30. The van der Waals surface area contributed by atoms with E-state index in [1.165, 1.54) is 6.07 Å². The van der Waals surface area contributed by atoms with E-state index in [9.17, 15) is 9.18 Å². The third-order valence-corrected chi connectivity index (χ3v) is 8.80. The number of likely N-dealkylation sites (tertiary alicyclic amines) is 1. The van der Waals surface area contributed by atoms with E-state index in [0.29, 0.717) is 46.7 Å². The van der Waals surface area contributed by atoms with Crippen LogP contribution in [0.3, 0.4) is 0 Å². The molecule has 0 spiro atoms. The van der Waals surface area contributed by atoms with Gasteiger partial charge in [0.1, 0.15) is 17.3 Å². The lowest BCUT2D eigenvalue weighted by atomic mass is 9.88. The molecule has 0 radical (unpaired) electrons. The summed E-state index contributed by atoms with van der Waals surface area (Å²) in [7, 11) is 0. The maximum Gasteiger partial charge on any atom is 0.439 e. The number of hydrogen-bond donors (Lipinski definition) is 1. The summed E-state index contributed by atoms with van der Waals surface area (Å²) in [6, 6.07) is 10.4. The minimum Gasteiger partial charge on any atom is -0.444 e. The van der Waals surface area contributed by atoms with Crippen molar-refractivity contribution in [3.05, 3.63) is 80.4 Å². The van der Waals surface area contributed by atoms with Crippen molar-refractivity contribution in [3.63, 3.8) is 0 Å². The summed E-state index contributed by atoms with van der Waals surface area (Å²) < 4.78 is 39.9. The van der Waals surface area contributed by atoms with E-state index >= 15 is 0 Å². The normalized spacial score (nSPS) is 22.4. The van der Waals surface area contributed by atoms with Crippen LogP contribution in [0, 0.1) is 12.7 Å². The van der Waals surface area contributed by atoms with E-state index in [4.69, 9.17) is 35.3 Å². The number of nitrogens with zero attached hydrogens (tertiary/aromatic N) is 4. The summed E-state index contributed by atoms with van der Waals surface area (Å²) in [4.78, 5) is 21.5. The number of fused-ring (bicyclic) bond motifs is 1. The molecule has 5 heterocycles. The molecule has 7 rings (SSSR count). The van der Waals surface area contributed by atoms with Gasteiger partial charge in [0.15, 0.2) is 11.5 Å². The Kier molecular flexibility index (Phi) is 6.83. The Morgan fingerprint density at radius 3 is 2.67 bits per heavy atom. The lowest BCUT2D eigenvalue weighted by molar-refractivity contribution is -0.0712. The fourth-order valence-electron chi connectivity index (χ4n) is 6.18. The lowest BCUT2D eigenvalue weighted by Gasteiger charge is -2.33. The molecular formula is C30H31ClFN5O5. The van der Waals surface area contributed by atoms with Crippen molar-refractivity contribution in [2.75, 3.05) is 19.7 Å². The van der Waals surface area contributed by atoms with Crippen LogP contribution in [-0.4, -0.2) is 50.4 Å². The van der Waals surface area contributed by atoms with Crippen LogP contribution in [0.2, 0.25) is 5.02 Å². The molecule has 2 atom stereocenters. The van der Waals surface area contributed by atoms with Gasteiger partial charge in [-0.2, -0.15) is 0 Å². The molecule has 0 bridgehead atoms. The highest BCUT2D eigenvalue weighted by Crippen LogP contribution is 2.49. The second kappa shape index (κ2) is 10.6. The summed E-state index contributed by atoms with van der Waals surface area (Å²) >= 11 is 5.97. The highest BCUT2D eigenvalue weighted by Gasteiger charge is 2.43. The van der Waals surface area contributed by atoms with E-state index in [0.717, 1.165) is 56.0 Å². The summed E-state index contributed by atoms with van der Waals surface area (Å²) in [5.41, 5.74) is 2.90. The number of H-pyrrole nitrogens is 1. The van der Waals surface area contributed by atoms with Crippen molar-refractivity contribution in [2.45, 2.75) is 64.0 Å². The molecule has 4 aromatic rings. The Morgan fingerprint density at radius 1 is 1.17 bits per heavy atom. The van der Waals surface area contributed by atoms with Gasteiger partial charge in [-0.15, -0.1) is 0 Å². The molecule has 12 heteroatoms. The van der Waals surface area contributed by atoms with Gasteiger partial charge in [-0.1, -0.05) is 28.9 Å². The van der Waals surface area contributed by atoms with Gasteiger partial charge >= 0.3 is 5.76 Å². The number of hydrogen-bond acceptors (Lipinski definition) is 8. The van der Waals surface area contributed by atoms with Gasteiger partial charge in [0, 0.05) is 29.8 Å². The van der Waals surface area contributed by atoms with Crippen molar-refractivity contribution in [2.24, 2.45) is 0 Å². The fourth-order valence-corrected chi connectivity index (χ4v) is 6.34. The van der Waals surface area contributed by atoms with Crippen LogP contribution in [0.1, 0.15) is 54.7 Å². The minimum absolute atomic E-state index is 0.154. The first kappa shape index (κ1) is 27.2. The Labute approximate surface area is 246 Å². The molecule has 3 aliphatic heterocycles. The Hall–Kier alpha value is -3.67. The van der Waals surface area contributed by atoms with E-state index in [-0.39, 0.29) is 12.0 Å². The number of para-hydroxylation sites is 1. The zero-order valence-corrected chi connectivity index (χ0v) is 24.1. The molecule has 1 N–H and O–H groups in total. The number of imidazole rings is 1. The van der Waals surface area contributed by atoms with Crippen LogP contribution in [-0.2, 0) is 23.6 Å². The molecule has 0 aliphatic carbocycles. The molecule has 220 valence electrons. The molecule has 2 saturated heterocycles. The van der Waals surface area contributed by atoms with Crippen LogP contribution < -0.4 is 15.2 Å². The maximum atomic E-state index is 14.8. The van der Waals surface area contributed by atoms with Crippen LogP contribution in [0.25, 0.3) is 11.5 Å². The van der Waals surface area contributed by atoms with Gasteiger partial charge in [-0.3, -0.25) is 14.4 Å². The highest BCUT2D eigenvalue weighted by atomic mass is 35.5. The third kappa shape index (κ3) is 4.89. The minimum atomic E-state index is -1.28. The first-order chi connectivity index (χ1) is 20.3. The van der Waals surface area contributed by atoms with Crippen LogP contribution >= 0.6 is 11.6 Å². The van der Waals surface area contributed by atoms with Gasteiger partial charge in [0.2, 0.25) is 5.82 Å². The zero-order chi connectivity index (χ0) is 29.0. The van der Waals surface area contributed by atoms with E-state index in [1.54, 1.807) is 19.1 Å². The van der Waals surface area contributed by atoms with Gasteiger partial charge in [-0.05, 0) is 69.5 Å². The summed E-state index contributed by atoms with van der Waals surface area (Å²) in [5, 5.41) is 4.18. The van der Waals surface area contributed by atoms with E-state index in [1.807, 2.05) is 19.1 Å². The first-order valence-corrected chi connectivity index (χ1v) is 14.6. The van der Waals surface area contributed by atoms with E-state index < -0.39 is 17.4 Å². The molecule has 10 nitrogen and oxygen atoms in total. The smallest absolute Gasteiger partial charge is 0.439 e. The third-order valence-electron chi connectivity index (χ3n) is 8.57. The molecule has 3 aliphatic rings. The Balaban J connectivity index is 1.07. The number of piperidine rings is 1. The van der Waals surface area contributed by atoms with Gasteiger partial charge in [0.05, 0.1) is 24.8 Å². The van der Waals surface area contributed by atoms with Crippen LogP contribution in [0.4, 0.5) is 4.39 Å². The number of nitrogens with one attached hydrogen (secondary N) is 1. The predicted octanol–water partition coefficient (Wildman–Crippen LogP) is 5.14. The van der Waals surface area contributed by atoms with Gasteiger partial charge < -0.3 is 18.8 Å². The molecule has 2 unspecified atom stereocenters. The fraction of sp³-hybridized carbons (Fsp3) is 0.433. The molecular weight excluding hydrogens is 565 g/mol. The van der Waals surface area contributed by atoms with Crippen molar-refractivity contribution >= 4 is 11.6 Å². The molecule has 2 fully saturated rings. The average molecular weight is 596 g/mol. The lowest BCUT2D eigenvalue weighted by Crippen LogP contribution is -2.35. The number of rotatable bonds is 7. The summed E-state index contributed by atoms with van der Waals surface area (Å²) in [6.07, 6.45) is 3.00. The van der Waals surface area contributed by atoms with Crippen molar-refractivity contribution in [1.29, 1.82) is 0 Å². The Bertz CT molecular complexity index is 1690. The molecule has 2 aromatic carbocycles. The standard InChI is InChI=1S/C30H31ClFN5O5/c1-17-26(28-34-29(38)42-35-28)33-25(37(17)15-20-10-13-39-20)16-36-11-8-18(9-12-36)21-4-3-5-24-27(21)41-30(2,40-24)22-7-6-19(31)14-23(22)32/h3-7,14,18,20H,8-13,15-16H2,1-2H3,(H,34,35,38). The molecule has 42 heavy (non-hydrogen) atoms. The average Bonchev–Trinajstić information content (AvgIpc) is 3.61. The second-order valence-electron chi connectivity index (χ2n) is 11.3. The number of halogens is 2. The van der Waals surface area contributed by atoms with Crippen molar-refractivity contribution < 1.29 is 23.1 Å². The van der Waals surface area contributed by atoms with Crippen LogP contribution in [0.15, 0.2) is 45.7 Å². The predicted molar refractivity (Wildman–Crippen MR) is 151 cm³/mol. The van der Waals surface area contributed by atoms with Crippen molar-refractivity contribution in [1.82, 2.24) is 24.6 Å². The SMILES string of the molecule is Cc1c(-c2noc(=O)[nH]2)nc(CN2CCC(c3cccc4c3OC(C)(c3ccc(Cl)cc3F)O4)CC2)n1CC1CCO1. The van der Waals surface area contributed by atoms with Crippen LogP contribution in [0.5, 0.6) is 11.5 Å². The molecule has 0 saturated carbocycles. The van der Waals surface area contributed by atoms with Crippen molar-refractivity contribution in [3.8, 4) is 23.0 Å². The van der Waals surface area contributed by atoms with E-state index in [2.05, 4.69) is 25.7 Å². The first-order valence-electron chi connectivity index (χ1n) is 14.2. The quantitative estimate of drug-likeness (QED) is 0.313. The number of aromatic amines is 1. The summed E-state index contributed by atoms with van der Waals surface area (Å²) in [5.74, 6) is 0.423. The van der Waals surface area contributed by atoms with Gasteiger partial charge in [0.25, 0.3) is 5.79 Å². The Morgan fingerprint density at radius 2 is 1.98 bits per heavy atom. The second-order valence-corrected chi connectivity index (χ2v) is 11.7. The monoisotopic (exact) mass is 595 g/mol. The number of ether oxygens (including phenoxy) is 3. The van der Waals surface area contributed by atoms with Gasteiger partial charge in [-0.25, -0.2) is 14.2 Å². The zero-order valence-electron chi connectivity index (χ0n) is 23.4. The molecule has 0 amide bonds. The molecule has 2 aromatic heterocycles. The largest absolute Gasteiger partial charge is 0.444 e. The summed E-state index contributed by atoms with van der Waals surface area (Å²) in [6.45, 7) is 7.56. The topological polar surface area (TPSA) is 108 Å². The number of benzene rings is 2. The maximum absolute atomic E-state index is 14.8. The number of aromatic nitrogens is 4.